The summed E-state index contributed by atoms with van der Waals surface area (Å²) in [7, 11) is 0. The Balaban J connectivity index is 0.00000225. The normalized spacial score (nSPS) is 22.9. The van der Waals surface area contributed by atoms with Crippen LogP contribution in [0.25, 0.3) is 0 Å². The minimum absolute atomic E-state index is 0. The summed E-state index contributed by atoms with van der Waals surface area (Å²) in [6, 6.07) is 8.89. The number of nitrogens with zero attached hydrogens (tertiary/aromatic N) is 2. The maximum Gasteiger partial charge on any atom is 0.191 e. The molecule has 0 aliphatic carbocycles. The first-order chi connectivity index (χ1) is 11.8. The van der Waals surface area contributed by atoms with Crippen LogP contribution in [0.2, 0.25) is 0 Å². The van der Waals surface area contributed by atoms with Crippen molar-refractivity contribution in [3.63, 3.8) is 0 Å². The molecule has 0 spiro atoms. The highest BCUT2D eigenvalue weighted by atomic mass is 127. The van der Waals surface area contributed by atoms with Gasteiger partial charge < -0.3 is 15.4 Å². The molecule has 2 aliphatic rings. The van der Waals surface area contributed by atoms with Crippen molar-refractivity contribution in [2.75, 3.05) is 32.7 Å². The molecule has 2 heterocycles. The summed E-state index contributed by atoms with van der Waals surface area (Å²) in [5.41, 5.74) is 1.30. The Hall–Kier alpha value is -1.02. The average molecular weight is 458 g/mol. The molecule has 3 rings (SSSR count). The van der Waals surface area contributed by atoms with Crippen molar-refractivity contribution in [1.29, 1.82) is 0 Å². The van der Waals surface area contributed by atoms with Crippen LogP contribution in [0.15, 0.2) is 29.3 Å². The van der Waals surface area contributed by atoms with Crippen molar-refractivity contribution in [2.45, 2.75) is 45.3 Å². The highest BCUT2D eigenvalue weighted by Crippen LogP contribution is 2.27. The Morgan fingerprint density at radius 1 is 1.28 bits per heavy atom. The topological polar surface area (TPSA) is 48.9 Å². The van der Waals surface area contributed by atoms with Crippen LogP contribution < -0.4 is 15.4 Å². The third-order valence-corrected chi connectivity index (χ3v) is 4.92. The summed E-state index contributed by atoms with van der Waals surface area (Å²) < 4.78 is 5.99. The van der Waals surface area contributed by atoms with E-state index in [1.54, 1.807) is 0 Å². The van der Waals surface area contributed by atoms with Crippen molar-refractivity contribution in [3.8, 4) is 5.75 Å². The predicted molar refractivity (Wildman–Crippen MR) is 114 cm³/mol. The van der Waals surface area contributed by atoms with E-state index < -0.39 is 0 Å². The molecular formula is C19H31IN4O. The molecule has 2 unspecified atom stereocenters. The minimum atomic E-state index is 0. The zero-order valence-corrected chi connectivity index (χ0v) is 17.7. The van der Waals surface area contributed by atoms with Gasteiger partial charge in [-0.25, -0.2) is 0 Å². The van der Waals surface area contributed by atoms with Crippen LogP contribution >= 0.6 is 24.0 Å². The van der Waals surface area contributed by atoms with Crippen molar-refractivity contribution in [2.24, 2.45) is 4.99 Å². The quantitative estimate of drug-likeness (QED) is 0.391. The van der Waals surface area contributed by atoms with Crippen molar-refractivity contribution in [1.82, 2.24) is 15.5 Å². The van der Waals surface area contributed by atoms with E-state index >= 15 is 0 Å². The third-order valence-electron chi connectivity index (χ3n) is 4.92. The highest BCUT2D eigenvalue weighted by Gasteiger charge is 2.24. The molecule has 1 fully saturated rings. The molecule has 0 amide bonds. The van der Waals surface area contributed by atoms with Gasteiger partial charge in [0.1, 0.15) is 11.9 Å². The van der Waals surface area contributed by atoms with Crippen LogP contribution in [0.3, 0.4) is 0 Å². The molecule has 140 valence electrons. The van der Waals surface area contributed by atoms with E-state index in [4.69, 9.17) is 9.73 Å². The molecule has 2 N–H and O–H groups in total. The number of halogens is 1. The molecular weight excluding hydrogens is 427 g/mol. The molecule has 2 aliphatic heterocycles. The second-order valence-electron chi connectivity index (χ2n) is 6.58. The molecule has 6 heteroatoms. The molecule has 0 bridgehead atoms. The van der Waals surface area contributed by atoms with Gasteiger partial charge in [0.25, 0.3) is 0 Å². The lowest BCUT2D eigenvalue weighted by molar-refractivity contribution is 0.234. The molecule has 0 aromatic heterocycles. The molecule has 1 saturated heterocycles. The van der Waals surface area contributed by atoms with E-state index in [0.29, 0.717) is 6.04 Å². The average Bonchev–Trinajstić information content (AvgIpc) is 3.22. The number of hydrogen-bond acceptors (Lipinski definition) is 3. The van der Waals surface area contributed by atoms with Crippen LogP contribution in [-0.2, 0) is 6.42 Å². The van der Waals surface area contributed by atoms with Crippen molar-refractivity contribution < 1.29 is 4.74 Å². The lowest BCUT2D eigenvalue weighted by atomic mass is 10.1. The van der Waals surface area contributed by atoms with Crippen LogP contribution in [0.5, 0.6) is 5.75 Å². The highest BCUT2D eigenvalue weighted by molar-refractivity contribution is 14.0. The van der Waals surface area contributed by atoms with Gasteiger partial charge in [-0.15, -0.1) is 24.0 Å². The Bertz CT molecular complexity index is 541. The minimum Gasteiger partial charge on any atom is -0.488 e. The van der Waals surface area contributed by atoms with E-state index in [-0.39, 0.29) is 30.1 Å². The zero-order chi connectivity index (χ0) is 16.8. The van der Waals surface area contributed by atoms with Gasteiger partial charge in [0, 0.05) is 19.0 Å². The molecule has 2 atom stereocenters. The number of benzene rings is 1. The van der Waals surface area contributed by atoms with Crippen molar-refractivity contribution in [3.05, 3.63) is 29.8 Å². The summed E-state index contributed by atoms with van der Waals surface area (Å²) in [4.78, 5) is 7.33. The van der Waals surface area contributed by atoms with E-state index in [0.717, 1.165) is 44.3 Å². The number of para-hydroxylation sites is 1. The first kappa shape index (κ1) is 20.3. The van der Waals surface area contributed by atoms with Gasteiger partial charge in [0.2, 0.25) is 0 Å². The standard InChI is InChI=1S/C19H30N4O.HI/c1-3-20-19(21-13-16-9-7-11-23(16)4-2)22-14-17-12-15-8-5-6-10-18(15)24-17;/h5-6,8,10,16-17H,3-4,7,9,11-14H2,1-2H3,(H2,20,21,22);1H. The number of aliphatic imine (C=N–C) groups is 1. The molecule has 5 nitrogen and oxygen atoms in total. The van der Waals surface area contributed by atoms with Crippen LogP contribution in [0.4, 0.5) is 0 Å². The number of hydrogen-bond donors (Lipinski definition) is 2. The summed E-state index contributed by atoms with van der Waals surface area (Å²) in [5, 5.41) is 6.80. The van der Waals surface area contributed by atoms with Gasteiger partial charge in [-0.3, -0.25) is 9.89 Å². The molecule has 0 saturated carbocycles. The Labute approximate surface area is 168 Å². The van der Waals surface area contributed by atoms with Gasteiger partial charge in [0.15, 0.2) is 5.96 Å². The Morgan fingerprint density at radius 3 is 2.88 bits per heavy atom. The fraction of sp³-hybridized carbons (Fsp3) is 0.632. The van der Waals surface area contributed by atoms with E-state index in [2.05, 4.69) is 41.5 Å². The predicted octanol–water partition coefficient (Wildman–Crippen LogP) is 2.65. The fourth-order valence-corrected chi connectivity index (χ4v) is 3.63. The van der Waals surface area contributed by atoms with Gasteiger partial charge in [-0.1, -0.05) is 25.1 Å². The van der Waals surface area contributed by atoms with Gasteiger partial charge >= 0.3 is 0 Å². The Kier molecular flexibility index (Phi) is 8.29. The number of fused-ring (bicyclic) bond motifs is 1. The second kappa shape index (κ2) is 10.2. The SMILES string of the molecule is CCNC(=NCC1CCCN1CC)NCC1Cc2ccccc2O1.I. The molecule has 1 aromatic carbocycles. The molecule has 0 radical (unpaired) electrons. The van der Waals surface area contributed by atoms with E-state index in [1.807, 2.05) is 12.1 Å². The summed E-state index contributed by atoms with van der Waals surface area (Å²) in [6.45, 7) is 9.21. The number of nitrogens with one attached hydrogen (secondary N) is 2. The smallest absolute Gasteiger partial charge is 0.191 e. The molecule has 25 heavy (non-hydrogen) atoms. The summed E-state index contributed by atoms with van der Waals surface area (Å²) in [5.74, 6) is 1.93. The fourth-order valence-electron chi connectivity index (χ4n) is 3.63. The third kappa shape index (κ3) is 5.48. The Morgan fingerprint density at radius 2 is 2.12 bits per heavy atom. The van der Waals surface area contributed by atoms with E-state index in [1.165, 1.54) is 24.9 Å². The van der Waals surface area contributed by atoms with E-state index in [9.17, 15) is 0 Å². The number of likely N-dealkylation sites (tertiary alicyclic amines) is 1. The van der Waals surface area contributed by atoms with Gasteiger partial charge in [-0.05, 0) is 44.5 Å². The lowest BCUT2D eigenvalue weighted by Crippen LogP contribution is -2.43. The van der Waals surface area contributed by atoms with Crippen LogP contribution in [0.1, 0.15) is 32.3 Å². The maximum absolute atomic E-state index is 5.99. The summed E-state index contributed by atoms with van der Waals surface area (Å²) in [6.07, 6.45) is 3.71. The van der Waals surface area contributed by atoms with Gasteiger partial charge in [-0.2, -0.15) is 0 Å². The zero-order valence-electron chi connectivity index (χ0n) is 15.3. The largest absolute Gasteiger partial charge is 0.488 e. The number of likely N-dealkylation sites (N-methyl/N-ethyl adjacent to an activating group) is 1. The first-order valence-corrected chi connectivity index (χ1v) is 9.31. The van der Waals surface area contributed by atoms with Crippen LogP contribution in [-0.4, -0.2) is 55.7 Å². The number of rotatable bonds is 6. The monoisotopic (exact) mass is 458 g/mol. The maximum atomic E-state index is 5.99. The molecule has 1 aromatic rings. The number of guanidine groups is 1. The first-order valence-electron chi connectivity index (χ1n) is 9.31. The van der Waals surface area contributed by atoms with Crippen molar-refractivity contribution >= 4 is 29.9 Å². The lowest BCUT2D eigenvalue weighted by Gasteiger charge is -2.22. The number of ether oxygens (including phenoxy) is 1. The van der Waals surface area contributed by atoms with Gasteiger partial charge in [0.05, 0.1) is 13.1 Å². The summed E-state index contributed by atoms with van der Waals surface area (Å²) >= 11 is 0. The second-order valence-corrected chi connectivity index (χ2v) is 6.58. The van der Waals surface area contributed by atoms with Crippen LogP contribution in [0, 0.1) is 0 Å².